The van der Waals surface area contributed by atoms with Crippen LogP contribution >= 0.6 is 23.2 Å². The summed E-state index contributed by atoms with van der Waals surface area (Å²) in [5.41, 5.74) is 1.45. The Kier molecular flexibility index (Phi) is 7.37. The maximum absolute atomic E-state index is 12.6. The zero-order valence-electron chi connectivity index (χ0n) is 15.7. The Morgan fingerprint density at radius 1 is 1.07 bits per heavy atom. The smallest absolute Gasteiger partial charge is 0.258 e. The van der Waals surface area contributed by atoms with E-state index in [1.807, 2.05) is 0 Å². The number of benzene rings is 2. The van der Waals surface area contributed by atoms with Crippen LogP contribution in [-0.4, -0.2) is 32.0 Å². The molecule has 1 amide bonds. The molecule has 2 aromatic carbocycles. The lowest BCUT2D eigenvalue weighted by Crippen LogP contribution is -2.32. The molecule has 0 aliphatic heterocycles. The number of Topliss-reactive ketones (excluding diaryl/α,β-unsaturated/α-hetero) is 1. The maximum Gasteiger partial charge on any atom is 0.258 e. The molecular weight excluding hydrogens is 405 g/mol. The molecule has 0 radical (unpaired) electrons. The lowest BCUT2D eigenvalue weighted by Gasteiger charge is -2.14. The number of nitrogens with one attached hydrogen (secondary N) is 1. The van der Waals surface area contributed by atoms with E-state index in [1.165, 1.54) is 33.3 Å². The van der Waals surface area contributed by atoms with Crippen LogP contribution in [0.2, 0.25) is 10.0 Å². The van der Waals surface area contributed by atoms with E-state index >= 15 is 0 Å². The van der Waals surface area contributed by atoms with Gasteiger partial charge in [-0.15, -0.1) is 0 Å². The van der Waals surface area contributed by atoms with Crippen molar-refractivity contribution in [3.63, 3.8) is 0 Å². The minimum Gasteiger partial charge on any atom is -0.495 e. The monoisotopic (exact) mass is 423 g/mol. The van der Waals surface area contributed by atoms with Crippen molar-refractivity contribution in [2.45, 2.75) is 19.9 Å². The summed E-state index contributed by atoms with van der Waals surface area (Å²) in [6.45, 7) is 3.03. The summed E-state index contributed by atoms with van der Waals surface area (Å²) in [5, 5.41) is 11.4. The molecule has 0 spiro atoms. The lowest BCUT2D eigenvalue weighted by molar-refractivity contribution is -0.126. The topological polar surface area (TPSA) is 89.4 Å². The van der Waals surface area contributed by atoms with Crippen molar-refractivity contribution in [2.24, 2.45) is 10.2 Å². The third-order valence-corrected chi connectivity index (χ3v) is 4.59. The molecule has 28 heavy (non-hydrogen) atoms. The number of ketones is 1. The SMILES string of the molecule is COc1cc(NC(=O)C(N=Nc2cccc(Cl)c2C)C(C)=O)c(OC)cc1Cl. The van der Waals surface area contributed by atoms with Gasteiger partial charge in [-0.1, -0.05) is 29.3 Å². The van der Waals surface area contributed by atoms with Gasteiger partial charge in [-0.05, 0) is 31.5 Å². The van der Waals surface area contributed by atoms with E-state index in [4.69, 9.17) is 32.7 Å². The summed E-state index contributed by atoms with van der Waals surface area (Å²) in [4.78, 5) is 24.6. The highest BCUT2D eigenvalue weighted by Crippen LogP contribution is 2.36. The van der Waals surface area contributed by atoms with E-state index in [-0.39, 0.29) is 5.69 Å². The van der Waals surface area contributed by atoms with Gasteiger partial charge < -0.3 is 14.8 Å². The Morgan fingerprint density at radius 2 is 1.75 bits per heavy atom. The van der Waals surface area contributed by atoms with Crippen molar-refractivity contribution in [2.75, 3.05) is 19.5 Å². The predicted molar refractivity (Wildman–Crippen MR) is 108 cm³/mol. The molecule has 1 N–H and O–H groups in total. The van der Waals surface area contributed by atoms with Crippen LogP contribution in [0.15, 0.2) is 40.6 Å². The number of azo groups is 1. The maximum atomic E-state index is 12.6. The van der Waals surface area contributed by atoms with Crippen LogP contribution < -0.4 is 14.8 Å². The Balaban J connectivity index is 2.30. The molecule has 0 bridgehead atoms. The van der Waals surface area contributed by atoms with E-state index < -0.39 is 17.7 Å². The quantitative estimate of drug-likeness (QED) is 0.501. The second kappa shape index (κ2) is 9.52. The Morgan fingerprint density at radius 3 is 2.36 bits per heavy atom. The molecule has 0 aliphatic rings. The van der Waals surface area contributed by atoms with Crippen molar-refractivity contribution in [1.29, 1.82) is 0 Å². The van der Waals surface area contributed by atoms with Gasteiger partial charge in [0.05, 0.1) is 30.6 Å². The normalized spacial score (nSPS) is 11.9. The molecule has 0 saturated carbocycles. The second-order valence-electron chi connectivity index (χ2n) is 5.79. The summed E-state index contributed by atoms with van der Waals surface area (Å²) < 4.78 is 10.4. The fourth-order valence-electron chi connectivity index (χ4n) is 2.30. The minimum absolute atomic E-state index is 0.286. The lowest BCUT2D eigenvalue weighted by atomic mass is 10.2. The van der Waals surface area contributed by atoms with Crippen LogP contribution in [0.25, 0.3) is 0 Å². The van der Waals surface area contributed by atoms with Crippen molar-refractivity contribution in [1.82, 2.24) is 0 Å². The number of hydrogen-bond donors (Lipinski definition) is 1. The molecule has 2 rings (SSSR count). The molecule has 1 unspecified atom stereocenters. The number of halogens is 2. The second-order valence-corrected chi connectivity index (χ2v) is 6.60. The predicted octanol–water partition coefficient (Wildman–Crippen LogP) is 5.00. The first-order valence-electron chi connectivity index (χ1n) is 8.17. The van der Waals surface area contributed by atoms with Gasteiger partial charge >= 0.3 is 0 Å². The Hall–Kier alpha value is -2.64. The first-order chi connectivity index (χ1) is 13.3. The summed E-state index contributed by atoms with van der Waals surface area (Å²) in [7, 11) is 2.87. The molecule has 9 heteroatoms. The molecule has 1 atom stereocenters. The average molecular weight is 424 g/mol. The van der Waals surface area contributed by atoms with E-state index in [0.29, 0.717) is 32.8 Å². The standard InChI is InChI=1S/C19H19Cl2N3O4/c1-10-12(20)6-5-7-14(10)23-24-18(11(2)25)19(26)22-15-9-16(27-3)13(21)8-17(15)28-4/h5-9,18H,1-4H3,(H,22,26). The number of carbonyl (C=O) groups is 2. The van der Waals surface area contributed by atoms with Crippen LogP contribution in [0.3, 0.4) is 0 Å². The number of carbonyl (C=O) groups excluding carboxylic acids is 2. The highest BCUT2D eigenvalue weighted by molar-refractivity contribution is 6.32. The number of rotatable bonds is 7. The largest absolute Gasteiger partial charge is 0.495 e. The van der Waals surface area contributed by atoms with Gasteiger partial charge in [-0.3, -0.25) is 9.59 Å². The number of amides is 1. The van der Waals surface area contributed by atoms with Gasteiger partial charge in [0.1, 0.15) is 11.5 Å². The zero-order valence-corrected chi connectivity index (χ0v) is 17.3. The van der Waals surface area contributed by atoms with Crippen LogP contribution in [0.4, 0.5) is 11.4 Å². The highest BCUT2D eigenvalue weighted by Gasteiger charge is 2.25. The van der Waals surface area contributed by atoms with Crippen LogP contribution in [0, 0.1) is 6.92 Å². The molecule has 0 fully saturated rings. The number of anilines is 1. The van der Waals surface area contributed by atoms with Crippen molar-refractivity contribution in [3.05, 3.63) is 45.9 Å². The van der Waals surface area contributed by atoms with E-state index in [2.05, 4.69) is 15.5 Å². The van der Waals surface area contributed by atoms with Gasteiger partial charge in [0.25, 0.3) is 5.91 Å². The first-order valence-corrected chi connectivity index (χ1v) is 8.92. The molecule has 0 aromatic heterocycles. The third-order valence-electron chi connectivity index (χ3n) is 3.89. The third kappa shape index (κ3) is 4.99. The molecular formula is C19H19Cl2N3O4. The molecule has 0 saturated heterocycles. The minimum atomic E-state index is -1.34. The van der Waals surface area contributed by atoms with E-state index in [0.717, 1.165) is 0 Å². The van der Waals surface area contributed by atoms with Crippen LogP contribution in [0.1, 0.15) is 12.5 Å². The molecule has 0 aliphatic carbocycles. The summed E-state index contributed by atoms with van der Waals surface area (Å²) in [5.74, 6) is -0.489. The van der Waals surface area contributed by atoms with E-state index in [1.54, 1.807) is 25.1 Å². The number of hydrogen-bond acceptors (Lipinski definition) is 6. The summed E-state index contributed by atoms with van der Waals surface area (Å²) in [6.07, 6.45) is 0. The number of ether oxygens (including phenoxy) is 2. The summed E-state index contributed by atoms with van der Waals surface area (Å²) >= 11 is 12.1. The molecule has 2 aromatic rings. The summed E-state index contributed by atoms with van der Waals surface area (Å²) in [6, 6.07) is 6.75. The Labute approximate surface area is 172 Å². The van der Waals surface area contributed by atoms with Gasteiger partial charge in [0, 0.05) is 17.2 Å². The number of methoxy groups -OCH3 is 2. The van der Waals surface area contributed by atoms with Crippen molar-refractivity contribution < 1.29 is 19.1 Å². The average Bonchev–Trinajstić information content (AvgIpc) is 2.65. The zero-order chi connectivity index (χ0) is 20.8. The molecule has 7 nitrogen and oxygen atoms in total. The highest BCUT2D eigenvalue weighted by atomic mass is 35.5. The van der Waals surface area contributed by atoms with E-state index in [9.17, 15) is 9.59 Å². The fourth-order valence-corrected chi connectivity index (χ4v) is 2.70. The van der Waals surface area contributed by atoms with Crippen LogP contribution in [-0.2, 0) is 9.59 Å². The number of nitrogens with zero attached hydrogens (tertiary/aromatic N) is 2. The van der Waals surface area contributed by atoms with Crippen molar-refractivity contribution in [3.8, 4) is 11.5 Å². The molecule has 148 valence electrons. The first kappa shape index (κ1) is 21.7. The van der Waals surface area contributed by atoms with Gasteiger partial charge in [-0.25, -0.2) is 0 Å². The molecule has 0 heterocycles. The Bertz CT molecular complexity index is 932. The van der Waals surface area contributed by atoms with Gasteiger partial charge in [0.2, 0.25) is 6.04 Å². The van der Waals surface area contributed by atoms with Gasteiger partial charge in [-0.2, -0.15) is 10.2 Å². The van der Waals surface area contributed by atoms with Crippen LogP contribution in [0.5, 0.6) is 11.5 Å². The van der Waals surface area contributed by atoms with Crippen molar-refractivity contribution >= 4 is 46.3 Å². The van der Waals surface area contributed by atoms with Gasteiger partial charge in [0.15, 0.2) is 5.78 Å². The fraction of sp³-hybridized carbons (Fsp3) is 0.263.